The maximum Gasteiger partial charge on any atom is 0.164 e. The Hall–Kier alpha value is -5.81. The van der Waals surface area contributed by atoms with Gasteiger partial charge in [0.2, 0.25) is 0 Å². The molecule has 0 bridgehead atoms. The summed E-state index contributed by atoms with van der Waals surface area (Å²) >= 11 is 0. The van der Waals surface area contributed by atoms with Gasteiger partial charge in [0.1, 0.15) is 11.2 Å². The van der Waals surface area contributed by atoms with Crippen molar-refractivity contribution in [3.63, 3.8) is 0 Å². The van der Waals surface area contributed by atoms with Gasteiger partial charge in [0.05, 0.1) is 0 Å². The van der Waals surface area contributed by atoms with Gasteiger partial charge in [0.15, 0.2) is 17.5 Å². The molecule has 0 saturated carbocycles. The van der Waals surface area contributed by atoms with Crippen molar-refractivity contribution < 1.29 is 4.42 Å². The molecule has 0 saturated heterocycles. The first kappa shape index (κ1) is 23.9. The lowest BCUT2D eigenvalue weighted by Crippen LogP contribution is -2.09. The van der Waals surface area contributed by atoms with Crippen molar-refractivity contribution in [2.24, 2.45) is 0 Å². The summed E-state index contributed by atoms with van der Waals surface area (Å²) in [6, 6.07) is 39.8. The first-order valence-electron chi connectivity index (χ1n) is 14.4. The molecule has 0 amide bonds. The fourth-order valence-corrected chi connectivity index (χ4v) is 6.23. The molecule has 8 aromatic rings. The smallest absolute Gasteiger partial charge is 0.164 e. The van der Waals surface area contributed by atoms with Crippen LogP contribution in [-0.2, 0) is 6.54 Å². The third kappa shape index (κ3) is 3.90. The Morgan fingerprint density at radius 2 is 1.33 bits per heavy atom. The Labute approximate surface area is 247 Å². The summed E-state index contributed by atoms with van der Waals surface area (Å²) in [5.74, 6) is 1.89. The largest absolute Gasteiger partial charge is 0.456 e. The van der Waals surface area contributed by atoms with Crippen molar-refractivity contribution in [1.29, 1.82) is 0 Å². The van der Waals surface area contributed by atoms with Crippen molar-refractivity contribution in [2.45, 2.75) is 6.54 Å². The van der Waals surface area contributed by atoms with Crippen molar-refractivity contribution in [3.8, 4) is 34.2 Å². The molecule has 1 aliphatic rings. The van der Waals surface area contributed by atoms with E-state index in [2.05, 4.69) is 84.2 Å². The molecule has 2 aromatic heterocycles. The van der Waals surface area contributed by atoms with Crippen LogP contribution in [0.15, 0.2) is 126 Å². The molecule has 5 heteroatoms. The summed E-state index contributed by atoms with van der Waals surface area (Å²) in [5.41, 5.74) is 6.87. The Bertz CT molecular complexity index is 2410. The minimum Gasteiger partial charge on any atom is -0.456 e. The highest BCUT2D eigenvalue weighted by Crippen LogP contribution is 2.38. The number of hydrogen-bond donors (Lipinski definition) is 1. The molecule has 0 aliphatic carbocycles. The molecular weight excluding hydrogens is 528 g/mol. The van der Waals surface area contributed by atoms with Gasteiger partial charge in [-0.3, -0.25) is 0 Å². The maximum atomic E-state index is 6.37. The summed E-state index contributed by atoms with van der Waals surface area (Å²) in [6.07, 6.45) is 4.07. The summed E-state index contributed by atoms with van der Waals surface area (Å²) < 4.78 is 6.37. The summed E-state index contributed by atoms with van der Waals surface area (Å²) in [7, 11) is 0. The molecule has 9 rings (SSSR count). The van der Waals surface area contributed by atoms with E-state index in [0.717, 1.165) is 45.2 Å². The number of nitrogens with zero attached hydrogens (tertiary/aromatic N) is 3. The molecular formula is C38H24N4O. The predicted molar refractivity (Wildman–Crippen MR) is 174 cm³/mol. The molecule has 3 heterocycles. The van der Waals surface area contributed by atoms with Crippen LogP contribution < -0.4 is 5.32 Å². The average Bonchev–Trinajstić information content (AvgIpc) is 3.44. The Balaban J connectivity index is 1.30. The minimum atomic E-state index is 0.617. The quantitative estimate of drug-likeness (QED) is 0.221. The summed E-state index contributed by atoms with van der Waals surface area (Å²) in [6.45, 7) is 0.779. The lowest BCUT2D eigenvalue weighted by Gasteiger charge is -2.12. The number of furan rings is 1. The molecule has 0 unspecified atom stereocenters. The van der Waals surface area contributed by atoms with Gasteiger partial charge < -0.3 is 9.73 Å². The lowest BCUT2D eigenvalue weighted by molar-refractivity contribution is 0.668. The summed E-state index contributed by atoms with van der Waals surface area (Å²) in [5, 5.41) is 10.2. The number of rotatable bonds is 3. The van der Waals surface area contributed by atoms with E-state index in [-0.39, 0.29) is 0 Å². The van der Waals surface area contributed by atoms with E-state index >= 15 is 0 Å². The van der Waals surface area contributed by atoms with E-state index in [1.807, 2.05) is 48.7 Å². The van der Waals surface area contributed by atoms with Crippen LogP contribution in [0.5, 0.6) is 0 Å². The van der Waals surface area contributed by atoms with Crippen LogP contribution >= 0.6 is 0 Å². The Kier molecular flexibility index (Phi) is 5.19. The predicted octanol–water partition coefficient (Wildman–Crippen LogP) is 9.15. The molecule has 5 nitrogen and oxygen atoms in total. The van der Waals surface area contributed by atoms with E-state index in [0.29, 0.717) is 17.5 Å². The second-order valence-electron chi connectivity index (χ2n) is 10.9. The molecule has 0 fully saturated rings. The van der Waals surface area contributed by atoms with Crippen molar-refractivity contribution >= 4 is 49.6 Å². The molecule has 0 spiro atoms. The van der Waals surface area contributed by atoms with E-state index in [9.17, 15) is 0 Å². The second-order valence-corrected chi connectivity index (χ2v) is 10.9. The zero-order valence-corrected chi connectivity index (χ0v) is 23.1. The van der Waals surface area contributed by atoms with Crippen LogP contribution in [0.25, 0.3) is 83.7 Å². The van der Waals surface area contributed by atoms with E-state index < -0.39 is 0 Å². The van der Waals surface area contributed by atoms with Gasteiger partial charge in [-0.1, -0.05) is 91.0 Å². The SMILES string of the molecule is C1=Cc2cc3oc4cccc(-c5nc(-c6ccccc6)nc(-c6ccc7ccc8ccccc8c7c6)n5)c4c3cc2CN1. The van der Waals surface area contributed by atoms with E-state index in [1.165, 1.54) is 32.7 Å². The fraction of sp³-hybridized carbons (Fsp3) is 0.0263. The number of aromatic nitrogens is 3. The fourth-order valence-electron chi connectivity index (χ4n) is 6.23. The lowest BCUT2D eigenvalue weighted by atomic mass is 9.99. The van der Waals surface area contributed by atoms with Gasteiger partial charge in [0.25, 0.3) is 0 Å². The van der Waals surface area contributed by atoms with Crippen molar-refractivity contribution in [3.05, 3.63) is 133 Å². The highest BCUT2D eigenvalue weighted by molar-refractivity contribution is 6.12. The van der Waals surface area contributed by atoms with Crippen LogP contribution in [-0.4, -0.2) is 15.0 Å². The molecule has 202 valence electrons. The topological polar surface area (TPSA) is 63.8 Å². The highest BCUT2D eigenvalue weighted by Gasteiger charge is 2.19. The third-order valence-electron chi connectivity index (χ3n) is 8.34. The maximum absolute atomic E-state index is 6.37. The van der Waals surface area contributed by atoms with Crippen molar-refractivity contribution in [2.75, 3.05) is 0 Å². The molecule has 43 heavy (non-hydrogen) atoms. The van der Waals surface area contributed by atoms with Crippen LogP contribution in [0.1, 0.15) is 11.1 Å². The first-order chi connectivity index (χ1) is 21.3. The molecule has 0 radical (unpaired) electrons. The third-order valence-corrected chi connectivity index (χ3v) is 8.34. The van der Waals surface area contributed by atoms with Gasteiger partial charge >= 0.3 is 0 Å². The molecule has 1 aliphatic heterocycles. The standard InChI is InChI=1S/C38H24N4O/c1-2-8-25(9-3-1)36-40-37(27-16-15-24-14-13-23-7-4-5-10-29(23)31(24)19-27)42-38(41-36)30-11-6-12-33-35(30)32-20-28-22-39-18-17-26(28)21-34(32)43-33/h1-21,39H,22H2. The van der Waals surface area contributed by atoms with Crippen molar-refractivity contribution in [1.82, 2.24) is 20.3 Å². The summed E-state index contributed by atoms with van der Waals surface area (Å²) in [4.78, 5) is 15.2. The second kappa shape index (κ2) is 9.36. The number of hydrogen-bond acceptors (Lipinski definition) is 5. The Morgan fingerprint density at radius 1 is 0.558 bits per heavy atom. The van der Waals surface area contributed by atoms with E-state index in [4.69, 9.17) is 19.4 Å². The number of benzene rings is 6. The van der Waals surface area contributed by atoms with Gasteiger partial charge in [-0.05, 0) is 69.2 Å². The monoisotopic (exact) mass is 552 g/mol. The zero-order chi connectivity index (χ0) is 28.3. The molecule has 6 aromatic carbocycles. The van der Waals surface area contributed by atoms with Crippen LogP contribution in [0.2, 0.25) is 0 Å². The van der Waals surface area contributed by atoms with Crippen LogP contribution in [0, 0.1) is 0 Å². The average molecular weight is 553 g/mol. The Morgan fingerprint density at radius 3 is 2.23 bits per heavy atom. The molecule has 1 N–H and O–H groups in total. The van der Waals surface area contributed by atoms with Gasteiger partial charge in [-0.15, -0.1) is 0 Å². The highest BCUT2D eigenvalue weighted by atomic mass is 16.3. The molecule has 0 atom stereocenters. The van der Waals surface area contributed by atoms with Crippen LogP contribution in [0.4, 0.5) is 0 Å². The van der Waals surface area contributed by atoms with Gasteiger partial charge in [-0.2, -0.15) is 0 Å². The van der Waals surface area contributed by atoms with E-state index in [1.54, 1.807) is 0 Å². The van der Waals surface area contributed by atoms with Gasteiger partial charge in [-0.25, -0.2) is 15.0 Å². The number of nitrogens with one attached hydrogen (secondary N) is 1. The first-order valence-corrected chi connectivity index (χ1v) is 14.4. The minimum absolute atomic E-state index is 0.617. The normalized spacial score (nSPS) is 12.7. The van der Waals surface area contributed by atoms with Gasteiger partial charge in [0, 0.05) is 34.0 Å². The number of fused-ring (bicyclic) bond motifs is 7. The van der Waals surface area contributed by atoms with Crippen LogP contribution in [0.3, 0.4) is 0 Å². The zero-order valence-electron chi connectivity index (χ0n) is 23.1.